The van der Waals surface area contributed by atoms with Gasteiger partial charge >= 0.3 is 0 Å². The van der Waals surface area contributed by atoms with E-state index in [-0.39, 0.29) is 24.0 Å². The number of benzene rings is 1. The molecule has 27 heavy (non-hydrogen) atoms. The lowest BCUT2D eigenvalue weighted by atomic mass is 10.1. The van der Waals surface area contributed by atoms with E-state index >= 15 is 0 Å². The van der Waals surface area contributed by atoms with Crippen molar-refractivity contribution in [3.63, 3.8) is 0 Å². The molecule has 1 aromatic carbocycles. The summed E-state index contributed by atoms with van der Waals surface area (Å²) in [5.74, 6) is 1.33. The Morgan fingerprint density at radius 2 is 1.85 bits per heavy atom. The second kappa shape index (κ2) is 15.3. The topological polar surface area (TPSA) is 62.7 Å². The number of nitrogens with one attached hydrogen (secondary N) is 2. The van der Waals surface area contributed by atoms with Gasteiger partial charge in [0.05, 0.1) is 30.1 Å². The largest absolute Gasteiger partial charge is 0.376 e. The smallest absolute Gasteiger partial charge is 0.191 e. The minimum absolute atomic E-state index is 0. The van der Waals surface area contributed by atoms with Gasteiger partial charge in [0.2, 0.25) is 0 Å². The van der Waals surface area contributed by atoms with E-state index in [2.05, 4.69) is 15.6 Å². The number of ether oxygens (including phenoxy) is 1. The van der Waals surface area contributed by atoms with Crippen LogP contribution in [0.1, 0.15) is 45.4 Å². The Bertz CT molecular complexity index is 549. The zero-order valence-electron chi connectivity index (χ0n) is 16.3. The van der Waals surface area contributed by atoms with E-state index in [1.807, 2.05) is 37.3 Å². The molecule has 2 rings (SSSR count). The first-order chi connectivity index (χ1) is 12.8. The van der Waals surface area contributed by atoms with E-state index in [0.29, 0.717) is 31.6 Å². The zero-order chi connectivity index (χ0) is 18.5. The van der Waals surface area contributed by atoms with E-state index in [0.717, 1.165) is 17.4 Å². The molecule has 2 N–H and O–H groups in total. The Morgan fingerprint density at radius 3 is 2.52 bits per heavy atom. The monoisotopic (exact) mass is 507 g/mol. The molecule has 1 aromatic rings. The van der Waals surface area contributed by atoms with E-state index < -0.39 is 10.8 Å². The van der Waals surface area contributed by atoms with Gasteiger partial charge < -0.3 is 15.4 Å². The molecule has 1 aliphatic carbocycles. The molecule has 5 nitrogen and oxygen atoms in total. The van der Waals surface area contributed by atoms with Crippen LogP contribution in [-0.2, 0) is 15.5 Å². The molecule has 0 bridgehead atoms. The number of hydrogen-bond donors (Lipinski definition) is 2. The molecule has 0 aliphatic heterocycles. The molecule has 1 aliphatic rings. The maximum Gasteiger partial charge on any atom is 0.191 e. The van der Waals surface area contributed by atoms with Gasteiger partial charge in [-0.05, 0) is 31.9 Å². The fraction of sp³-hybridized carbons (Fsp3) is 0.650. The molecule has 154 valence electrons. The van der Waals surface area contributed by atoms with Gasteiger partial charge in [-0.1, -0.05) is 43.9 Å². The first-order valence-electron chi connectivity index (χ1n) is 9.87. The molecule has 1 unspecified atom stereocenters. The zero-order valence-corrected chi connectivity index (χ0v) is 19.5. The summed E-state index contributed by atoms with van der Waals surface area (Å²) in [5, 5.41) is 6.49. The quantitative estimate of drug-likeness (QED) is 0.176. The predicted octanol–water partition coefficient (Wildman–Crippen LogP) is 3.71. The third-order valence-corrected chi connectivity index (χ3v) is 5.82. The van der Waals surface area contributed by atoms with E-state index in [4.69, 9.17) is 4.74 Å². The van der Waals surface area contributed by atoms with Crippen LogP contribution >= 0.6 is 24.0 Å². The van der Waals surface area contributed by atoms with Gasteiger partial charge in [-0.15, -0.1) is 24.0 Å². The van der Waals surface area contributed by atoms with Crippen LogP contribution in [0.15, 0.2) is 40.2 Å². The van der Waals surface area contributed by atoms with E-state index in [1.54, 1.807) is 0 Å². The Morgan fingerprint density at radius 1 is 1.15 bits per heavy atom. The lowest BCUT2D eigenvalue weighted by Gasteiger charge is -2.15. The average molecular weight is 507 g/mol. The summed E-state index contributed by atoms with van der Waals surface area (Å²) < 4.78 is 18.2. The SMILES string of the molecule is CCNC(=NCCOC1CCCCCC1)NCCS(=O)c1ccccc1.I. The average Bonchev–Trinajstić information content (AvgIpc) is 2.94. The fourth-order valence-corrected chi connectivity index (χ4v) is 4.06. The molecule has 0 spiro atoms. The van der Waals surface area contributed by atoms with Crippen LogP contribution in [0.5, 0.6) is 0 Å². The Hall–Kier alpha value is -0.670. The molecule has 0 heterocycles. The van der Waals surface area contributed by atoms with Crippen LogP contribution in [0, 0.1) is 0 Å². The summed E-state index contributed by atoms with van der Waals surface area (Å²) in [4.78, 5) is 5.43. The van der Waals surface area contributed by atoms with Crippen LogP contribution in [0.4, 0.5) is 0 Å². The highest BCUT2D eigenvalue weighted by Crippen LogP contribution is 2.19. The second-order valence-electron chi connectivity index (χ2n) is 6.53. The van der Waals surface area contributed by atoms with Crippen molar-refractivity contribution < 1.29 is 8.95 Å². The van der Waals surface area contributed by atoms with E-state index in [1.165, 1.54) is 38.5 Å². The van der Waals surface area contributed by atoms with Crippen molar-refractivity contribution >= 4 is 40.7 Å². The third kappa shape index (κ3) is 10.4. The molecule has 1 atom stereocenters. The Balaban J connectivity index is 0.00000364. The van der Waals surface area contributed by atoms with Gasteiger partial charge in [-0.3, -0.25) is 9.20 Å². The molecule has 1 fully saturated rings. The number of halogens is 1. The molecule has 0 saturated heterocycles. The lowest BCUT2D eigenvalue weighted by Crippen LogP contribution is -2.39. The molecule has 7 heteroatoms. The summed E-state index contributed by atoms with van der Waals surface area (Å²) in [6, 6.07) is 9.58. The molecule has 0 radical (unpaired) electrons. The molecular weight excluding hydrogens is 473 g/mol. The molecule has 0 amide bonds. The fourth-order valence-electron chi connectivity index (χ4n) is 3.08. The second-order valence-corrected chi connectivity index (χ2v) is 8.11. The highest BCUT2D eigenvalue weighted by molar-refractivity contribution is 14.0. The van der Waals surface area contributed by atoms with Crippen molar-refractivity contribution in [2.24, 2.45) is 4.99 Å². The Kier molecular flexibility index (Phi) is 13.8. The standard InChI is InChI=1S/C20H33N3O2S.HI/c1-2-21-20(22-14-16-25-18-10-6-3-4-7-11-18)23-15-17-26(24)19-12-8-5-9-13-19;/h5,8-9,12-13,18H,2-4,6-7,10-11,14-17H2,1H3,(H2,21,22,23);1H. The van der Waals surface area contributed by atoms with Gasteiger partial charge in [0.1, 0.15) is 0 Å². The van der Waals surface area contributed by atoms with Gasteiger partial charge in [0.25, 0.3) is 0 Å². The van der Waals surface area contributed by atoms with Crippen LogP contribution in [0.3, 0.4) is 0 Å². The van der Waals surface area contributed by atoms with Crippen molar-refractivity contribution in [2.75, 3.05) is 32.0 Å². The predicted molar refractivity (Wildman–Crippen MR) is 125 cm³/mol. The number of rotatable bonds is 9. The molecular formula is C20H34IN3O2S. The minimum Gasteiger partial charge on any atom is -0.376 e. The highest BCUT2D eigenvalue weighted by atomic mass is 127. The molecule has 0 aromatic heterocycles. The van der Waals surface area contributed by atoms with Gasteiger partial charge in [0, 0.05) is 23.7 Å². The third-order valence-electron chi connectivity index (χ3n) is 4.45. The van der Waals surface area contributed by atoms with Crippen molar-refractivity contribution in [3.05, 3.63) is 30.3 Å². The first-order valence-corrected chi connectivity index (χ1v) is 11.2. The van der Waals surface area contributed by atoms with Crippen molar-refractivity contribution in [2.45, 2.75) is 56.4 Å². The first kappa shape index (κ1) is 24.4. The minimum atomic E-state index is -0.986. The summed E-state index contributed by atoms with van der Waals surface area (Å²) in [7, 11) is -0.986. The molecule has 1 saturated carbocycles. The van der Waals surface area contributed by atoms with Crippen LogP contribution in [-0.4, -0.2) is 48.3 Å². The van der Waals surface area contributed by atoms with Crippen LogP contribution in [0.2, 0.25) is 0 Å². The normalized spacial score (nSPS) is 16.9. The van der Waals surface area contributed by atoms with E-state index in [9.17, 15) is 4.21 Å². The summed E-state index contributed by atoms with van der Waals surface area (Å²) in [6.45, 7) is 4.78. The van der Waals surface area contributed by atoms with Crippen molar-refractivity contribution in [1.29, 1.82) is 0 Å². The highest BCUT2D eigenvalue weighted by Gasteiger charge is 2.12. The van der Waals surface area contributed by atoms with Gasteiger partial charge in [-0.25, -0.2) is 0 Å². The van der Waals surface area contributed by atoms with Crippen molar-refractivity contribution in [1.82, 2.24) is 10.6 Å². The maximum absolute atomic E-state index is 12.2. The van der Waals surface area contributed by atoms with Crippen LogP contribution < -0.4 is 10.6 Å². The summed E-state index contributed by atoms with van der Waals surface area (Å²) in [5.41, 5.74) is 0. The lowest BCUT2D eigenvalue weighted by molar-refractivity contribution is 0.0487. The van der Waals surface area contributed by atoms with Gasteiger partial charge in [0.15, 0.2) is 5.96 Å². The van der Waals surface area contributed by atoms with Crippen LogP contribution in [0.25, 0.3) is 0 Å². The number of aliphatic imine (C=N–C) groups is 1. The maximum atomic E-state index is 12.2. The Labute approximate surface area is 183 Å². The number of hydrogen-bond acceptors (Lipinski definition) is 3. The number of guanidine groups is 1. The summed E-state index contributed by atoms with van der Waals surface area (Å²) in [6.07, 6.45) is 8.05. The van der Waals surface area contributed by atoms with Crippen molar-refractivity contribution in [3.8, 4) is 0 Å². The van der Waals surface area contributed by atoms with Gasteiger partial charge in [-0.2, -0.15) is 0 Å². The number of nitrogens with zero attached hydrogens (tertiary/aromatic N) is 1. The summed E-state index contributed by atoms with van der Waals surface area (Å²) >= 11 is 0.